The average molecular weight is 190 g/mol. The van der Waals surface area contributed by atoms with Crippen molar-refractivity contribution in [2.75, 3.05) is 0 Å². The van der Waals surface area contributed by atoms with Crippen LogP contribution in [0.2, 0.25) is 0 Å². The van der Waals surface area contributed by atoms with E-state index in [1.54, 1.807) is 0 Å². The molecule has 0 saturated heterocycles. The smallest absolute Gasteiger partial charge is 0.273 e. The molecule has 4 heteroatoms. The van der Waals surface area contributed by atoms with Crippen molar-refractivity contribution in [2.45, 2.75) is 19.5 Å². The zero-order valence-corrected chi connectivity index (χ0v) is 7.02. The van der Waals surface area contributed by atoms with Gasteiger partial charge < -0.3 is 5.11 Å². The van der Waals surface area contributed by atoms with Gasteiger partial charge in [0.05, 0.1) is 12.2 Å². The zero-order chi connectivity index (χ0) is 10.1. The highest BCUT2D eigenvalue weighted by molar-refractivity contribution is 5.27. The number of halogens is 3. The molecule has 1 nitrogen and oxygen atoms in total. The number of alkyl halides is 2. The molecule has 0 aliphatic rings. The molecule has 1 rings (SSSR count). The van der Waals surface area contributed by atoms with E-state index < -0.39 is 17.3 Å². The van der Waals surface area contributed by atoms with Gasteiger partial charge in [-0.25, -0.2) is 13.2 Å². The van der Waals surface area contributed by atoms with Crippen LogP contribution in [0.25, 0.3) is 0 Å². The third-order valence-electron chi connectivity index (χ3n) is 1.69. The molecule has 1 aromatic carbocycles. The van der Waals surface area contributed by atoms with Crippen molar-refractivity contribution in [2.24, 2.45) is 0 Å². The number of aliphatic hydroxyl groups excluding tert-OH is 1. The molecule has 0 unspecified atom stereocenters. The molecule has 0 fully saturated rings. The lowest BCUT2D eigenvalue weighted by molar-refractivity contribution is 0.0136. The van der Waals surface area contributed by atoms with Gasteiger partial charge in [-0.15, -0.1) is 0 Å². The molecule has 0 spiro atoms. The molecule has 0 aliphatic carbocycles. The normalized spacial score (nSPS) is 11.8. The minimum atomic E-state index is -3.21. The Morgan fingerprint density at radius 3 is 2.46 bits per heavy atom. The van der Waals surface area contributed by atoms with Crippen molar-refractivity contribution < 1.29 is 18.3 Å². The molecule has 0 saturated carbocycles. The van der Waals surface area contributed by atoms with E-state index in [0.29, 0.717) is 6.92 Å². The van der Waals surface area contributed by atoms with E-state index in [2.05, 4.69) is 0 Å². The van der Waals surface area contributed by atoms with E-state index in [1.165, 1.54) is 6.07 Å². The Bertz CT molecular complexity index is 304. The number of rotatable bonds is 2. The molecule has 13 heavy (non-hydrogen) atoms. The third kappa shape index (κ3) is 2.21. The number of aliphatic hydroxyl groups is 1. The molecule has 0 aromatic heterocycles. The molecule has 72 valence electrons. The van der Waals surface area contributed by atoms with Gasteiger partial charge >= 0.3 is 0 Å². The Morgan fingerprint density at radius 2 is 2.00 bits per heavy atom. The molecule has 0 heterocycles. The molecule has 0 bridgehead atoms. The second-order valence-corrected chi connectivity index (χ2v) is 2.86. The summed E-state index contributed by atoms with van der Waals surface area (Å²) in [7, 11) is 0. The summed E-state index contributed by atoms with van der Waals surface area (Å²) in [6.45, 7) is 0.246. The van der Waals surface area contributed by atoms with Crippen molar-refractivity contribution in [1.82, 2.24) is 0 Å². The standard InChI is InChI=1S/C9H9F3O/c1-9(11,12)7-4-6(5-13)2-3-8(7)10/h2-4,13H,5H2,1H3. The van der Waals surface area contributed by atoms with E-state index in [4.69, 9.17) is 5.11 Å². The lowest BCUT2D eigenvalue weighted by Crippen LogP contribution is -2.10. The van der Waals surface area contributed by atoms with E-state index in [0.717, 1.165) is 12.1 Å². The Kier molecular flexibility index (Phi) is 2.61. The molecule has 1 aromatic rings. The third-order valence-corrected chi connectivity index (χ3v) is 1.69. The van der Waals surface area contributed by atoms with Gasteiger partial charge in [-0.05, 0) is 17.7 Å². The van der Waals surface area contributed by atoms with Gasteiger partial charge in [-0.2, -0.15) is 0 Å². The zero-order valence-electron chi connectivity index (χ0n) is 7.02. The second-order valence-electron chi connectivity index (χ2n) is 2.86. The van der Waals surface area contributed by atoms with E-state index in [1.807, 2.05) is 0 Å². The number of hydrogen-bond donors (Lipinski definition) is 1. The summed E-state index contributed by atoms with van der Waals surface area (Å²) in [5.41, 5.74) is -0.406. The predicted molar refractivity (Wildman–Crippen MR) is 41.9 cm³/mol. The van der Waals surface area contributed by atoms with Crippen molar-refractivity contribution in [3.05, 3.63) is 35.1 Å². The van der Waals surface area contributed by atoms with Gasteiger partial charge in [-0.3, -0.25) is 0 Å². The summed E-state index contributed by atoms with van der Waals surface area (Å²) in [6, 6.07) is 3.16. The predicted octanol–water partition coefficient (Wildman–Crippen LogP) is 2.43. The quantitative estimate of drug-likeness (QED) is 0.759. The van der Waals surface area contributed by atoms with Crippen molar-refractivity contribution in [1.29, 1.82) is 0 Å². The Hall–Kier alpha value is -1.03. The second kappa shape index (κ2) is 3.38. The van der Waals surface area contributed by atoms with Gasteiger partial charge in [0.25, 0.3) is 5.92 Å². The van der Waals surface area contributed by atoms with Gasteiger partial charge in [0, 0.05) is 6.92 Å². The van der Waals surface area contributed by atoms with E-state index in [-0.39, 0.29) is 12.2 Å². The lowest BCUT2D eigenvalue weighted by atomic mass is 10.1. The number of benzene rings is 1. The Labute approximate surface area is 73.8 Å². The fourth-order valence-electron chi connectivity index (χ4n) is 1.01. The molecule has 0 atom stereocenters. The van der Waals surface area contributed by atoms with Crippen LogP contribution in [-0.4, -0.2) is 5.11 Å². The molecular weight excluding hydrogens is 181 g/mol. The van der Waals surface area contributed by atoms with Crippen molar-refractivity contribution in [3.8, 4) is 0 Å². The summed E-state index contributed by atoms with van der Waals surface area (Å²) in [6.07, 6.45) is 0. The van der Waals surface area contributed by atoms with Crippen LogP contribution < -0.4 is 0 Å². The van der Waals surface area contributed by atoms with Crippen LogP contribution >= 0.6 is 0 Å². The molecule has 0 aliphatic heterocycles. The van der Waals surface area contributed by atoms with Gasteiger partial charge in [0.15, 0.2) is 0 Å². The summed E-state index contributed by atoms with van der Waals surface area (Å²) >= 11 is 0. The SMILES string of the molecule is CC(F)(F)c1cc(CO)ccc1F. The Morgan fingerprint density at radius 1 is 1.38 bits per heavy atom. The molecule has 0 radical (unpaired) electrons. The molecule has 1 N–H and O–H groups in total. The first-order chi connectivity index (χ1) is 5.95. The minimum Gasteiger partial charge on any atom is -0.392 e. The molecular formula is C9H9F3O. The first-order valence-electron chi connectivity index (χ1n) is 3.72. The van der Waals surface area contributed by atoms with E-state index >= 15 is 0 Å². The van der Waals surface area contributed by atoms with Crippen LogP contribution in [0, 0.1) is 5.82 Å². The van der Waals surface area contributed by atoms with Crippen LogP contribution in [-0.2, 0) is 12.5 Å². The lowest BCUT2D eigenvalue weighted by Gasteiger charge is -2.12. The Balaban J connectivity index is 3.19. The summed E-state index contributed by atoms with van der Waals surface area (Å²) in [4.78, 5) is 0. The maximum Gasteiger partial charge on any atom is 0.273 e. The van der Waals surface area contributed by atoms with Gasteiger partial charge in [0.1, 0.15) is 5.82 Å². The first kappa shape index (κ1) is 10.1. The first-order valence-corrected chi connectivity index (χ1v) is 3.72. The highest BCUT2D eigenvalue weighted by Gasteiger charge is 2.28. The average Bonchev–Trinajstić information content (AvgIpc) is 2.03. The summed E-state index contributed by atoms with van der Waals surface area (Å²) < 4.78 is 38.3. The number of hydrogen-bond acceptors (Lipinski definition) is 1. The van der Waals surface area contributed by atoms with Crippen LogP contribution in [0.5, 0.6) is 0 Å². The fourth-order valence-corrected chi connectivity index (χ4v) is 1.01. The highest BCUT2D eigenvalue weighted by Crippen LogP contribution is 2.29. The highest BCUT2D eigenvalue weighted by atomic mass is 19.3. The van der Waals surface area contributed by atoms with E-state index in [9.17, 15) is 13.2 Å². The van der Waals surface area contributed by atoms with Crippen LogP contribution in [0.4, 0.5) is 13.2 Å². The largest absolute Gasteiger partial charge is 0.392 e. The fraction of sp³-hybridized carbons (Fsp3) is 0.333. The van der Waals surface area contributed by atoms with Crippen LogP contribution in [0.1, 0.15) is 18.1 Å². The summed E-state index contributed by atoms with van der Waals surface area (Å²) in [5.74, 6) is -4.17. The van der Waals surface area contributed by atoms with Gasteiger partial charge in [0.2, 0.25) is 0 Å². The maximum atomic E-state index is 12.8. The topological polar surface area (TPSA) is 20.2 Å². The summed E-state index contributed by atoms with van der Waals surface area (Å²) in [5, 5.41) is 8.65. The minimum absolute atomic E-state index is 0.276. The van der Waals surface area contributed by atoms with Crippen molar-refractivity contribution >= 4 is 0 Å². The monoisotopic (exact) mass is 190 g/mol. The maximum absolute atomic E-state index is 12.8. The van der Waals surface area contributed by atoms with Crippen molar-refractivity contribution in [3.63, 3.8) is 0 Å². The molecule has 0 amide bonds. The van der Waals surface area contributed by atoms with Crippen LogP contribution in [0.15, 0.2) is 18.2 Å². The van der Waals surface area contributed by atoms with Gasteiger partial charge in [-0.1, -0.05) is 6.07 Å². The van der Waals surface area contributed by atoms with Crippen LogP contribution in [0.3, 0.4) is 0 Å².